The number of aromatic nitrogens is 2. The number of rotatable bonds is 7. The van der Waals surface area contributed by atoms with Gasteiger partial charge in [-0.3, -0.25) is 4.79 Å². The van der Waals surface area contributed by atoms with Gasteiger partial charge in [0.15, 0.2) is 17.2 Å². The number of carbonyl (C=O) groups is 2. The maximum Gasteiger partial charge on any atom is 0.328 e. The van der Waals surface area contributed by atoms with Crippen molar-refractivity contribution < 1.29 is 23.8 Å². The molecule has 3 aromatic rings. The Balaban J connectivity index is 1.85. The van der Waals surface area contributed by atoms with Gasteiger partial charge in [0.25, 0.3) is 5.91 Å². The van der Waals surface area contributed by atoms with Crippen LogP contribution in [-0.4, -0.2) is 49.0 Å². The molecular formula is C25H26ClN3O5. The molecule has 4 rings (SSSR count). The molecule has 1 heterocycles. The Morgan fingerprint density at radius 1 is 1.06 bits per heavy atom. The summed E-state index contributed by atoms with van der Waals surface area (Å²) in [5.41, 5.74) is 4.40. The van der Waals surface area contributed by atoms with Crippen LogP contribution in [0, 0.1) is 5.92 Å². The first-order valence-electron chi connectivity index (χ1n) is 10.8. The first-order valence-corrected chi connectivity index (χ1v) is 11.2. The van der Waals surface area contributed by atoms with Crippen LogP contribution in [0.3, 0.4) is 0 Å². The first kappa shape index (κ1) is 23.6. The van der Waals surface area contributed by atoms with Gasteiger partial charge in [0, 0.05) is 22.6 Å². The van der Waals surface area contributed by atoms with Crippen LogP contribution < -0.4 is 14.8 Å². The number of benzene rings is 2. The number of ether oxygens (including phenoxy) is 3. The van der Waals surface area contributed by atoms with Gasteiger partial charge in [-0.05, 0) is 47.9 Å². The Morgan fingerprint density at radius 2 is 1.71 bits per heavy atom. The molecule has 0 spiro atoms. The van der Waals surface area contributed by atoms with Crippen molar-refractivity contribution in [2.75, 3.05) is 21.3 Å². The summed E-state index contributed by atoms with van der Waals surface area (Å²) in [5.74, 6) is 0.0756. The van der Waals surface area contributed by atoms with E-state index in [0.717, 1.165) is 28.1 Å². The minimum atomic E-state index is -0.794. The average molecular weight is 484 g/mol. The third-order valence-electron chi connectivity index (χ3n) is 5.91. The van der Waals surface area contributed by atoms with Gasteiger partial charge in [-0.1, -0.05) is 25.4 Å². The molecule has 178 valence electrons. The smallest absolute Gasteiger partial charge is 0.328 e. The van der Waals surface area contributed by atoms with Crippen LogP contribution in [0.15, 0.2) is 36.4 Å². The number of methoxy groups -OCH3 is 3. The molecule has 1 unspecified atom stereocenters. The van der Waals surface area contributed by atoms with Gasteiger partial charge < -0.3 is 19.5 Å². The molecule has 1 atom stereocenters. The Labute approximate surface area is 202 Å². The van der Waals surface area contributed by atoms with Gasteiger partial charge in [-0.25, -0.2) is 9.48 Å². The molecule has 1 N–H and O–H groups in total. The van der Waals surface area contributed by atoms with E-state index in [1.54, 1.807) is 31.0 Å². The highest BCUT2D eigenvalue weighted by Gasteiger charge is 2.34. The lowest BCUT2D eigenvalue weighted by atomic mass is 10.0. The van der Waals surface area contributed by atoms with E-state index < -0.39 is 17.9 Å². The summed E-state index contributed by atoms with van der Waals surface area (Å²) in [7, 11) is 4.46. The predicted octanol–water partition coefficient (Wildman–Crippen LogP) is 4.04. The van der Waals surface area contributed by atoms with E-state index in [2.05, 4.69) is 10.4 Å². The number of carbonyl (C=O) groups excluding carboxylic acids is 2. The van der Waals surface area contributed by atoms with E-state index in [4.69, 9.17) is 25.8 Å². The maximum absolute atomic E-state index is 13.4. The van der Waals surface area contributed by atoms with E-state index in [1.807, 2.05) is 38.1 Å². The van der Waals surface area contributed by atoms with Crippen molar-refractivity contribution in [2.45, 2.75) is 26.3 Å². The number of hydrogen-bond donors (Lipinski definition) is 1. The van der Waals surface area contributed by atoms with E-state index >= 15 is 0 Å². The van der Waals surface area contributed by atoms with Crippen LogP contribution in [0.2, 0.25) is 5.02 Å². The number of halogens is 1. The highest BCUT2D eigenvalue weighted by Crippen LogP contribution is 2.44. The number of fused-ring (bicyclic) bond motifs is 3. The number of nitrogens with one attached hydrogen (secondary N) is 1. The normalized spacial score (nSPS) is 12.7. The predicted molar refractivity (Wildman–Crippen MR) is 128 cm³/mol. The Hall–Kier alpha value is -3.52. The summed E-state index contributed by atoms with van der Waals surface area (Å²) in [4.78, 5) is 25.6. The Kier molecular flexibility index (Phi) is 6.52. The van der Waals surface area contributed by atoms with Gasteiger partial charge in [0.1, 0.15) is 6.04 Å². The van der Waals surface area contributed by atoms with Gasteiger partial charge in [-0.2, -0.15) is 5.10 Å². The molecule has 2 aromatic carbocycles. The van der Waals surface area contributed by atoms with Crippen molar-refractivity contribution in [3.05, 3.63) is 58.2 Å². The molecule has 1 aliphatic rings. The molecule has 8 nitrogen and oxygen atoms in total. The van der Waals surface area contributed by atoms with Gasteiger partial charge in [-0.15, -0.1) is 0 Å². The maximum atomic E-state index is 13.4. The summed E-state index contributed by atoms with van der Waals surface area (Å²) in [6.07, 6.45) is 0.478. The number of nitrogens with zero attached hydrogens (tertiary/aromatic N) is 2. The fourth-order valence-corrected chi connectivity index (χ4v) is 4.28. The van der Waals surface area contributed by atoms with E-state index in [9.17, 15) is 9.59 Å². The molecule has 1 aliphatic carbocycles. The van der Waals surface area contributed by atoms with Crippen molar-refractivity contribution in [3.63, 3.8) is 0 Å². The van der Waals surface area contributed by atoms with E-state index in [1.165, 1.54) is 7.11 Å². The summed E-state index contributed by atoms with van der Waals surface area (Å²) in [5, 5.41) is 8.06. The SMILES string of the molecule is COC(=O)C(NC(=O)c1nn(-c2ccc(Cl)cc2)c2c1Cc1cc(OC)c(OC)cc1-2)C(C)C. The fourth-order valence-electron chi connectivity index (χ4n) is 4.16. The molecule has 0 saturated carbocycles. The van der Waals surface area contributed by atoms with Crippen LogP contribution in [0.4, 0.5) is 0 Å². The second-order valence-electron chi connectivity index (χ2n) is 8.32. The van der Waals surface area contributed by atoms with Crippen LogP contribution in [0.5, 0.6) is 11.5 Å². The largest absolute Gasteiger partial charge is 0.493 e. The number of hydrogen-bond acceptors (Lipinski definition) is 6. The number of amides is 1. The molecule has 0 radical (unpaired) electrons. The van der Waals surface area contributed by atoms with Crippen molar-refractivity contribution in [3.8, 4) is 28.4 Å². The van der Waals surface area contributed by atoms with Crippen molar-refractivity contribution in [1.82, 2.24) is 15.1 Å². The molecule has 0 bridgehead atoms. The quantitative estimate of drug-likeness (QED) is 0.399. The topological polar surface area (TPSA) is 91.7 Å². The van der Waals surface area contributed by atoms with E-state index in [0.29, 0.717) is 22.9 Å². The second-order valence-corrected chi connectivity index (χ2v) is 8.76. The zero-order valence-electron chi connectivity index (χ0n) is 19.6. The Bertz CT molecular complexity index is 1250. The number of esters is 1. The molecule has 1 aromatic heterocycles. The van der Waals surface area contributed by atoms with Crippen molar-refractivity contribution >= 4 is 23.5 Å². The Morgan fingerprint density at radius 3 is 2.29 bits per heavy atom. The molecule has 34 heavy (non-hydrogen) atoms. The molecule has 0 aliphatic heterocycles. The lowest BCUT2D eigenvalue weighted by Crippen LogP contribution is -2.45. The molecule has 1 amide bonds. The minimum Gasteiger partial charge on any atom is -0.493 e. The zero-order valence-corrected chi connectivity index (χ0v) is 20.4. The molecular weight excluding hydrogens is 458 g/mol. The first-order chi connectivity index (χ1) is 16.3. The summed E-state index contributed by atoms with van der Waals surface area (Å²) < 4.78 is 17.6. The second kappa shape index (κ2) is 9.38. The van der Waals surface area contributed by atoms with E-state index in [-0.39, 0.29) is 11.6 Å². The molecule has 0 saturated heterocycles. The molecule has 9 heteroatoms. The average Bonchev–Trinajstić information content (AvgIpc) is 3.38. The lowest BCUT2D eigenvalue weighted by molar-refractivity contribution is -0.144. The minimum absolute atomic E-state index is 0.159. The monoisotopic (exact) mass is 483 g/mol. The molecule has 0 fully saturated rings. The highest BCUT2D eigenvalue weighted by atomic mass is 35.5. The van der Waals surface area contributed by atoms with Crippen LogP contribution in [0.25, 0.3) is 16.9 Å². The summed E-state index contributed by atoms with van der Waals surface area (Å²) >= 11 is 6.09. The van der Waals surface area contributed by atoms with Gasteiger partial charge >= 0.3 is 5.97 Å². The zero-order chi connectivity index (χ0) is 24.6. The van der Waals surface area contributed by atoms with Gasteiger partial charge in [0.05, 0.1) is 32.7 Å². The summed E-state index contributed by atoms with van der Waals surface area (Å²) in [6.45, 7) is 3.68. The third-order valence-corrected chi connectivity index (χ3v) is 6.16. The standard InChI is InChI=1S/C25H26ClN3O5/c1-13(2)21(25(31)34-5)27-24(30)22-18-10-14-11-19(32-3)20(33-4)12-17(14)23(18)29(28-22)16-8-6-15(26)7-9-16/h6-9,11-13,21H,10H2,1-5H3,(H,27,30). The van der Waals surface area contributed by atoms with Crippen LogP contribution >= 0.6 is 11.6 Å². The van der Waals surface area contributed by atoms with Crippen LogP contribution in [0.1, 0.15) is 35.5 Å². The third kappa shape index (κ3) is 4.09. The van der Waals surface area contributed by atoms with Crippen LogP contribution in [-0.2, 0) is 16.0 Å². The highest BCUT2D eigenvalue weighted by molar-refractivity contribution is 6.30. The van der Waals surface area contributed by atoms with Crippen molar-refractivity contribution in [1.29, 1.82) is 0 Å². The lowest BCUT2D eigenvalue weighted by Gasteiger charge is -2.19. The summed E-state index contributed by atoms with van der Waals surface area (Å²) in [6, 6.07) is 10.2. The van der Waals surface area contributed by atoms with Gasteiger partial charge in [0.2, 0.25) is 0 Å². The fraction of sp³-hybridized carbons (Fsp3) is 0.320. The van der Waals surface area contributed by atoms with Crippen molar-refractivity contribution in [2.24, 2.45) is 5.92 Å².